The first-order chi connectivity index (χ1) is 6.47. The second-order valence-electron chi connectivity index (χ2n) is 3.10. The van der Waals surface area contributed by atoms with Gasteiger partial charge in [0.25, 0.3) is 0 Å². The van der Waals surface area contributed by atoms with Crippen LogP contribution in [0.25, 0.3) is 0 Å². The van der Waals surface area contributed by atoms with E-state index in [0.29, 0.717) is 0 Å². The Morgan fingerprint density at radius 3 is 2.57 bits per heavy atom. The van der Waals surface area contributed by atoms with Crippen molar-refractivity contribution >= 4 is 11.8 Å². The lowest BCUT2D eigenvalue weighted by molar-refractivity contribution is -0.132. The second kappa shape index (κ2) is 6.33. The number of hydrogen-bond donors (Lipinski definition) is 3. The monoisotopic (exact) mass is 203 g/mol. The molecule has 0 radical (unpaired) electrons. The molecule has 0 aliphatic carbocycles. The summed E-state index contributed by atoms with van der Waals surface area (Å²) >= 11 is 0. The molecule has 82 valence electrons. The van der Waals surface area contributed by atoms with E-state index in [1.165, 1.54) is 4.90 Å². The molecule has 0 heterocycles. The Hall–Kier alpha value is -1.14. The first kappa shape index (κ1) is 12.9. The van der Waals surface area contributed by atoms with Crippen molar-refractivity contribution < 1.29 is 14.7 Å². The largest absolute Gasteiger partial charge is 0.392 e. The van der Waals surface area contributed by atoms with E-state index in [-0.39, 0.29) is 31.4 Å². The average Bonchev–Trinajstić information content (AvgIpc) is 2.12. The Kier molecular flexibility index (Phi) is 5.82. The summed E-state index contributed by atoms with van der Waals surface area (Å²) in [5.74, 6) is -0.628. The molecular weight excluding hydrogens is 186 g/mol. The van der Waals surface area contributed by atoms with Gasteiger partial charge in [0.1, 0.15) is 0 Å². The van der Waals surface area contributed by atoms with Gasteiger partial charge in [-0.2, -0.15) is 0 Å². The van der Waals surface area contributed by atoms with Crippen LogP contribution in [0.1, 0.15) is 6.92 Å². The second-order valence-corrected chi connectivity index (χ2v) is 3.10. The molecule has 0 aliphatic heterocycles. The topological polar surface area (TPSA) is 95.7 Å². The number of nitrogens with zero attached hydrogens (tertiary/aromatic N) is 1. The van der Waals surface area contributed by atoms with E-state index in [9.17, 15) is 9.59 Å². The molecule has 0 saturated heterocycles. The van der Waals surface area contributed by atoms with E-state index in [1.54, 1.807) is 14.0 Å². The normalized spacial score (nSPS) is 12.0. The molecule has 0 aromatic heterocycles. The summed E-state index contributed by atoms with van der Waals surface area (Å²) in [4.78, 5) is 23.3. The number of rotatable bonds is 5. The van der Waals surface area contributed by atoms with Crippen LogP contribution in [0.3, 0.4) is 0 Å². The van der Waals surface area contributed by atoms with Crippen molar-refractivity contribution in [3.63, 3.8) is 0 Å². The SMILES string of the molecule is CC(O)CN(C)C(=O)CNC(=O)CN. The van der Waals surface area contributed by atoms with Crippen LogP contribution in [0.15, 0.2) is 0 Å². The van der Waals surface area contributed by atoms with Crippen LogP contribution in [0, 0.1) is 0 Å². The Morgan fingerprint density at radius 2 is 2.14 bits per heavy atom. The Labute approximate surface area is 83.1 Å². The molecular formula is C8H17N3O3. The van der Waals surface area contributed by atoms with E-state index in [0.717, 1.165) is 0 Å². The molecule has 6 heteroatoms. The lowest BCUT2D eigenvalue weighted by Crippen LogP contribution is -2.42. The molecule has 6 nitrogen and oxygen atoms in total. The fourth-order valence-corrected chi connectivity index (χ4v) is 0.879. The molecule has 0 bridgehead atoms. The van der Waals surface area contributed by atoms with Crippen LogP contribution >= 0.6 is 0 Å². The van der Waals surface area contributed by atoms with Crippen LogP contribution in [0.4, 0.5) is 0 Å². The molecule has 0 spiro atoms. The van der Waals surface area contributed by atoms with E-state index >= 15 is 0 Å². The molecule has 0 saturated carbocycles. The zero-order chi connectivity index (χ0) is 11.1. The molecule has 1 atom stereocenters. The summed E-state index contributed by atoms with van der Waals surface area (Å²) in [7, 11) is 1.56. The van der Waals surface area contributed by atoms with Crippen LogP contribution in [-0.4, -0.2) is 54.6 Å². The first-order valence-electron chi connectivity index (χ1n) is 4.36. The molecule has 0 aliphatic rings. The summed E-state index contributed by atoms with van der Waals surface area (Å²) in [5, 5.41) is 11.3. The number of aliphatic hydroxyl groups is 1. The van der Waals surface area contributed by atoms with Gasteiger partial charge in [0.2, 0.25) is 11.8 Å². The average molecular weight is 203 g/mol. The molecule has 1 unspecified atom stereocenters. The molecule has 4 N–H and O–H groups in total. The van der Waals surface area contributed by atoms with Gasteiger partial charge in [-0.1, -0.05) is 0 Å². The zero-order valence-corrected chi connectivity index (χ0v) is 8.49. The maximum Gasteiger partial charge on any atom is 0.241 e. The van der Waals surface area contributed by atoms with Gasteiger partial charge in [-0.15, -0.1) is 0 Å². The molecule has 0 fully saturated rings. The quantitative estimate of drug-likeness (QED) is 0.477. The third kappa shape index (κ3) is 5.50. The summed E-state index contributed by atoms with van der Waals surface area (Å²) in [6.07, 6.45) is -0.575. The van der Waals surface area contributed by atoms with Crippen LogP contribution in [0.5, 0.6) is 0 Å². The van der Waals surface area contributed by atoms with Gasteiger partial charge in [0, 0.05) is 13.6 Å². The number of aliphatic hydroxyl groups excluding tert-OH is 1. The maximum absolute atomic E-state index is 11.3. The van der Waals surface area contributed by atoms with Crippen LogP contribution in [0.2, 0.25) is 0 Å². The van der Waals surface area contributed by atoms with Gasteiger partial charge < -0.3 is 21.1 Å². The predicted molar refractivity (Wildman–Crippen MR) is 51.4 cm³/mol. The van der Waals surface area contributed by atoms with Gasteiger partial charge in [0.05, 0.1) is 19.2 Å². The minimum Gasteiger partial charge on any atom is -0.392 e. The Bertz CT molecular complexity index is 206. The number of likely N-dealkylation sites (N-methyl/N-ethyl adjacent to an activating group) is 1. The molecule has 2 amide bonds. The van der Waals surface area contributed by atoms with Gasteiger partial charge in [-0.25, -0.2) is 0 Å². The summed E-state index contributed by atoms with van der Waals surface area (Å²) in [5.41, 5.74) is 5.04. The fourth-order valence-electron chi connectivity index (χ4n) is 0.879. The lowest BCUT2D eigenvalue weighted by atomic mass is 10.3. The van der Waals surface area contributed by atoms with Crippen molar-refractivity contribution in [3.8, 4) is 0 Å². The van der Waals surface area contributed by atoms with E-state index in [2.05, 4.69) is 5.32 Å². The molecule has 14 heavy (non-hydrogen) atoms. The molecule has 0 rings (SSSR count). The summed E-state index contributed by atoms with van der Waals surface area (Å²) in [6.45, 7) is 1.62. The smallest absolute Gasteiger partial charge is 0.241 e. The van der Waals surface area contributed by atoms with Crippen molar-refractivity contribution in [3.05, 3.63) is 0 Å². The third-order valence-corrected chi connectivity index (χ3v) is 1.59. The van der Waals surface area contributed by atoms with Crippen LogP contribution < -0.4 is 11.1 Å². The summed E-state index contributed by atoms with van der Waals surface area (Å²) < 4.78 is 0. The number of hydrogen-bond acceptors (Lipinski definition) is 4. The highest BCUT2D eigenvalue weighted by Crippen LogP contribution is 1.88. The lowest BCUT2D eigenvalue weighted by Gasteiger charge is -2.18. The van der Waals surface area contributed by atoms with Crippen molar-refractivity contribution in [2.24, 2.45) is 5.73 Å². The van der Waals surface area contributed by atoms with Gasteiger partial charge in [-0.3, -0.25) is 9.59 Å². The van der Waals surface area contributed by atoms with Gasteiger partial charge >= 0.3 is 0 Å². The van der Waals surface area contributed by atoms with Crippen molar-refractivity contribution in [2.45, 2.75) is 13.0 Å². The Morgan fingerprint density at radius 1 is 1.57 bits per heavy atom. The Balaban J connectivity index is 3.78. The fraction of sp³-hybridized carbons (Fsp3) is 0.750. The number of carbonyl (C=O) groups is 2. The van der Waals surface area contributed by atoms with Crippen molar-refractivity contribution in [1.29, 1.82) is 0 Å². The minimum absolute atomic E-state index is 0.0841. The highest BCUT2D eigenvalue weighted by Gasteiger charge is 2.11. The van der Waals surface area contributed by atoms with Crippen molar-refractivity contribution in [1.82, 2.24) is 10.2 Å². The van der Waals surface area contributed by atoms with Gasteiger partial charge in [0.15, 0.2) is 0 Å². The molecule has 0 aromatic carbocycles. The minimum atomic E-state index is -0.575. The zero-order valence-electron chi connectivity index (χ0n) is 8.49. The number of carbonyl (C=O) groups excluding carboxylic acids is 2. The van der Waals surface area contributed by atoms with Gasteiger partial charge in [-0.05, 0) is 6.92 Å². The number of nitrogens with two attached hydrogens (primary N) is 1. The number of nitrogens with one attached hydrogen (secondary N) is 1. The molecule has 0 aromatic rings. The van der Waals surface area contributed by atoms with Crippen molar-refractivity contribution in [2.75, 3.05) is 26.7 Å². The highest BCUT2D eigenvalue weighted by atomic mass is 16.3. The third-order valence-electron chi connectivity index (χ3n) is 1.59. The van der Waals surface area contributed by atoms with Crippen LogP contribution in [-0.2, 0) is 9.59 Å². The maximum atomic E-state index is 11.3. The highest BCUT2D eigenvalue weighted by molar-refractivity contribution is 5.85. The standard InChI is InChI=1S/C8H17N3O3/c1-6(12)5-11(2)8(14)4-10-7(13)3-9/h6,12H,3-5,9H2,1-2H3,(H,10,13). The van der Waals surface area contributed by atoms with E-state index in [1.807, 2.05) is 0 Å². The van der Waals surface area contributed by atoms with E-state index < -0.39 is 6.10 Å². The summed E-state index contributed by atoms with van der Waals surface area (Å²) in [6, 6.07) is 0. The first-order valence-corrected chi connectivity index (χ1v) is 4.36. The van der Waals surface area contributed by atoms with E-state index in [4.69, 9.17) is 10.8 Å². The predicted octanol–water partition coefficient (Wildman–Crippen LogP) is -2.10. The number of amides is 2.